The van der Waals surface area contributed by atoms with Gasteiger partial charge in [0.05, 0.1) is 12.2 Å². The lowest BCUT2D eigenvalue weighted by Gasteiger charge is -2.34. The number of hydrogen-bond donors (Lipinski definition) is 2. The van der Waals surface area contributed by atoms with Gasteiger partial charge in [0.25, 0.3) is 5.91 Å². The van der Waals surface area contributed by atoms with Crippen LogP contribution in [0.4, 0.5) is 19.0 Å². The van der Waals surface area contributed by atoms with Crippen LogP contribution in [-0.4, -0.2) is 28.7 Å². The summed E-state index contributed by atoms with van der Waals surface area (Å²) in [6, 6.07) is 2.37. The number of nitrogens with zero attached hydrogens (tertiary/aromatic N) is 2. The average Bonchev–Trinajstić information content (AvgIpc) is 3.18. The number of carbonyl (C=O) groups is 1. The van der Waals surface area contributed by atoms with Crippen LogP contribution in [0.2, 0.25) is 0 Å². The summed E-state index contributed by atoms with van der Waals surface area (Å²) in [5.41, 5.74) is 5.75. The van der Waals surface area contributed by atoms with Crippen molar-refractivity contribution in [3.63, 3.8) is 0 Å². The number of hydrogen-bond acceptors (Lipinski definition) is 5. The van der Waals surface area contributed by atoms with Gasteiger partial charge in [-0.15, -0.1) is 0 Å². The Balaban J connectivity index is 1.76. The molecule has 10 heteroatoms. The Morgan fingerprint density at radius 2 is 2.08 bits per heavy atom. The van der Waals surface area contributed by atoms with Crippen LogP contribution in [-0.2, 0) is 0 Å². The summed E-state index contributed by atoms with van der Waals surface area (Å²) in [6.07, 6.45) is -3.76. The van der Waals surface area contributed by atoms with E-state index in [1.807, 2.05) is 0 Å². The largest absolute Gasteiger partial charge is 0.454 e. The van der Waals surface area contributed by atoms with Crippen LogP contribution >= 0.6 is 0 Å². The fourth-order valence-corrected chi connectivity index (χ4v) is 3.09. The quantitative estimate of drug-likeness (QED) is 0.864. The van der Waals surface area contributed by atoms with Crippen LogP contribution in [0.3, 0.4) is 0 Å². The summed E-state index contributed by atoms with van der Waals surface area (Å²) < 4.78 is 51.7. The Morgan fingerprint density at radius 3 is 2.80 bits per heavy atom. The first-order valence-electron chi connectivity index (χ1n) is 7.44. The molecule has 1 amide bonds. The third-order valence-electron chi connectivity index (χ3n) is 4.30. The molecular formula is C15H13F3N4O3. The Labute approximate surface area is 139 Å². The van der Waals surface area contributed by atoms with Gasteiger partial charge in [-0.25, -0.2) is 4.68 Å². The first-order valence-corrected chi connectivity index (χ1v) is 7.44. The number of aromatic nitrogens is 2. The second-order valence-electron chi connectivity index (χ2n) is 5.82. The lowest BCUT2D eigenvalue weighted by Crippen LogP contribution is -2.36. The zero-order valence-corrected chi connectivity index (χ0v) is 12.7. The minimum atomic E-state index is -4.52. The van der Waals surface area contributed by atoms with Gasteiger partial charge in [0.2, 0.25) is 6.79 Å². The number of nitrogens with two attached hydrogens (primary N) is 1. The van der Waals surface area contributed by atoms with Crippen molar-refractivity contribution in [1.82, 2.24) is 9.78 Å². The van der Waals surface area contributed by atoms with Crippen LogP contribution in [0.1, 0.15) is 34.4 Å². The van der Waals surface area contributed by atoms with E-state index in [2.05, 4.69) is 10.4 Å². The number of primary amides is 1. The van der Waals surface area contributed by atoms with Crippen LogP contribution in [0.25, 0.3) is 0 Å². The molecule has 0 fully saturated rings. The maximum atomic E-state index is 13.5. The molecule has 0 bridgehead atoms. The number of ether oxygens (including phenoxy) is 2. The fourth-order valence-electron chi connectivity index (χ4n) is 3.09. The zero-order chi connectivity index (χ0) is 17.8. The summed E-state index contributed by atoms with van der Waals surface area (Å²) in [6.45, 7) is 0.0701. The third-order valence-corrected chi connectivity index (χ3v) is 4.30. The van der Waals surface area contributed by atoms with Gasteiger partial charge in [0.15, 0.2) is 17.5 Å². The lowest BCUT2D eigenvalue weighted by molar-refractivity contribution is -0.173. The molecular weight excluding hydrogens is 341 g/mol. The van der Waals surface area contributed by atoms with E-state index in [-0.39, 0.29) is 24.6 Å². The van der Waals surface area contributed by atoms with Crippen molar-refractivity contribution in [2.24, 2.45) is 5.73 Å². The van der Waals surface area contributed by atoms with E-state index in [1.165, 1.54) is 0 Å². The van der Waals surface area contributed by atoms with Gasteiger partial charge in [-0.1, -0.05) is 6.07 Å². The maximum absolute atomic E-state index is 13.5. The predicted octanol–water partition coefficient (Wildman–Crippen LogP) is 2.37. The third kappa shape index (κ3) is 2.53. The number of rotatable bonds is 2. The highest BCUT2D eigenvalue weighted by Gasteiger charge is 2.47. The first-order chi connectivity index (χ1) is 11.8. The Morgan fingerprint density at radius 1 is 1.32 bits per heavy atom. The molecule has 1 aromatic carbocycles. The van der Waals surface area contributed by atoms with Crippen molar-refractivity contribution < 1.29 is 27.4 Å². The molecule has 25 heavy (non-hydrogen) atoms. The molecule has 0 aliphatic carbocycles. The molecule has 2 unspecified atom stereocenters. The van der Waals surface area contributed by atoms with Crippen molar-refractivity contribution in [3.8, 4) is 11.5 Å². The van der Waals surface area contributed by atoms with Gasteiger partial charge in [-0.05, 0) is 17.7 Å². The second-order valence-corrected chi connectivity index (χ2v) is 5.82. The van der Waals surface area contributed by atoms with E-state index in [9.17, 15) is 18.0 Å². The minimum absolute atomic E-state index is 0.0382. The molecule has 1 aromatic heterocycles. The van der Waals surface area contributed by atoms with Crippen molar-refractivity contribution in [2.45, 2.75) is 24.7 Å². The van der Waals surface area contributed by atoms with Gasteiger partial charge in [0, 0.05) is 6.42 Å². The molecule has 0 saturated heterocycles. The summed E-state index contributed by atoms with van der Waals surface area (Å²) in [7, 11) is 0. The number of alkyl halides is 3. The van der Waals surface area contributed by atoms with E-state index >= 15 is 0 Å². The summed E-state index contributed by atoms with van der Waals surface area (Å²) in [5.74, 6) is 0.122. The number of carbonyl (C=O) groups excluding carboxylic acids is 1. The molecule has 2 aromatic rings. The van der Waals surface area contributed by atoms with Crippen LogP contribution in [0.5, 0.6) is 11.5 Å². The highest BCUT2D eigenvalue weighted by atomic mass is 19.4. The van der Waals surface area contributed by atoms with E-state index in [0.717, 1.165) is 10.9 Å². The van der Waals surface area contributed by atoms with Crippen molar-refractivity contribution >= 4 is 11.7 Å². The fraction of sp³-hybridized carbons (Fsp3) is 0.333. The lowest BCUT2D eigenvalue weighted by atomic mass is 9.96. The molecule has 7 nitrogen and oxygen atoms in total. The number of anilines is 1. The molecule has 0 spiro atoms. The first kappa shape index (κ1) is 15.6. The summed E-state index contributed by atoms with van der Waals surface area (Å²) >= 11 is 0. The number of halogens is 3. The van der Waals surface area contributed by atoms with Gasteiger partial charge in [-0.3, -0.25) is 4.79 Å². The second kappa shape index (κ2) is 5.30. The van der Waals surface area contributed by atoms with Crippen molar-refractivity contribution in [3.05, 3.63) is 35.5 Å². The molecule has 4 rings (SSSR count). The molecule has 0 radical (unpaired) electrons. The number of nitrogens with one attached hydrogen (secondary N) is 1. The summed E-state index contributed by atoms with van der Waals surface area (Å²) in [4.78, 5) is 11.5. The minimum Gasteiger partial charge on any atom is -0.454 e. The molecule has 132 valence electrons. The average molecular weight is 354 g/mol. The summed E-state index contributed by atoms with van der Waals surface area (Å²) in [5, 5.41) is 6.64. The van der Waals surface area contributed by atoms with Gasteiger partial charge in [-0.2, -0.15) is 18.3 Å². The monoisotopic (exact) mass is 354 g/mol. The van der Waals surface area contributed by atoms with E-state index < -0.39 is 24.2 Å². The van der Waals surface area contributed by atoms with E-state index in [4.69, 9.17) is 15.2 Å². The van der Waals surface area contributed by atoms with Crippen LogP contribution in [0, 0.1) is 0 Å². The highest BCUT2D eigenvalue weighted by Crippen LogP contribution is 2.45. The van der Waals surface area contributed by atoms with Gasteiger partial charge >= 0.3 is 6.18 Å². The zero-order valence-electron chi connectivity index (χ0n) is 12.7. The number of amides is 1. The molecule has 2 aliphatic heterocycles. The Hall–Kier alpha value is -2.91. The molecule has 3 N–H and O–H groups in total. The number of benzene rings is 1. The molecule has 2 atom stereocenters. The van der Waals surface area contributed by atoms with E-state index in [0.29, 0.717) is 17.1 Å². The molecule has 2 aliphatic rings. The van der Waals surface area contributed by atoms with E-state index in [1.54, 1.807) is 18.2 Å². The number of fused-ring (bicyclic) bond motifs is 2. The van der Waals surface area contributed by atoms with Crippen molar-refractivity contribution in [1.29, 1.82) is 0 Å². The van der Waals surface area contributed by atoms with Gasteiger partial charge in [0.1, 0.15) is 11.4 Å². The SMILES string of the molecule is NC(=O)c1cnn2c1NC(c1ccc3c(c1)OCO3)CC2C(F)(F)F. The van der Waals surface area contributed by atoms with Crippen LogP contribution in [0.15, 0.2) is 24.4 Å². The normalized spacial score (nSPS) is 21.6. The maximum Gasteiger partial charge on any atom is 0.410 e. The van der Waals surface area contributed by atoms with Crippen molar-refractivity contribution in [2.75, 3.05) is 12.1 Å². The van der Waals surface area contributed by atoms with Gasteiger partial charge < -0.3 is 20.5 Å². The highest BCUT2D eigenvalue weighted by molar-refractivity contribution is 5.97. The Bertz CT molecular complexity index is 849. The topological polar surface area (TPSA) is 91.4 Å². The smallest absolute Gasteiger partial charge is 0.410 e. The Kier molecular flexibility index (Phi) is 3.31. The van der Waals surface area contributed by atoms with Crippen LogP contribution < -0.4 is 20.5 Å². The molecule has 0 saturated carbocycles. The standard InChI is InChI=1S/C15H13F3N4O3/c16-15(17,18)12-4-9(7-1-2-10-11(3-7)25-6-24-10)21-14-8(13(19)23)5-20-22(12)14/h1-3,5,9,12,21H,4,6H2,(H2,19,23). The predicted molar refractivity (Wildman–Crippen MR) is 79.4 cm³/mol. The molecule has 3 heterocycles.